The normalized spacial score (nSPS) is 11.4. The van der Waals surface area contributed by atoms with Crippen LogP contribution in [0.15, 0.2) is 18.2 Å². The number of amides is 1. The van der Waals surface area contributed by atoms with Crippen molar-refractivity contribution < 1.29 is 29.0 Å². The molecule has 0 aliphatic heterocycles. The highest BCUT2D eigenvalue weighted by Crippen LogP contribution is 2.22. The summed E-state index contributed by atoms with van der Waals surface area (Å²) in [6, 6.07) is 2.48. The predicted molar refractivity (Wildman–Crippen MR) is 73.2 cm³/mol. The van der Waals surface area contributed by atoms with Crippen molar-refractivity contribution in [2.45, 2.75) is 13.0 Å². The van der Waals surface area contributed by atoms with Crippen LogP contribution in [0.25, 0.3) is 0 Å². The largest absolute Gasteiger partial charge is 0.497 e. The minimum Gasteiger partial charge on any atom is -0.497 e. The van der Waals surface area contributed by atoms with Crippen LogP contribution in [0.4, 0.5) is 5.69 Å². The van der Waals surface area contributed by atoms with Crippen LogP contribution in [-0.4, -0.2) is 42.7 Å². The van der Waals surface area contributed by atoms with E-state index in [-0.39, 0.29) is 17.9 Å². The number of nitrogens with one attached hydrogen (secondary N) is 1. The summed E-state index contributed by atoms with van der Waals surface area (Å²) in [6.45, 7) is 1.66. The summed E-state index contributed by atoms with van der Waals surface area (Å²) in [7, 11) is 1.39. The molecule has 1 unspecified atom stereocenters. The summed E-state index contributed by atoms with van der Waals surface area (Å²) in [5.41, 5.74) is 5.25. The highest BCUT2D eigenvalue weighted by atomic mass is 16.5. The molecule has 8 heteroatoms. The van der Waals surface area contributed by atoms with Gasteiger partial charge >= 0.3 is 11.9 Å². The molecular weight excluding hydrogens is 280 g/mol. The van der Waals surface area contributed by atoms with Gasteiger partial charge in [0, 0.05) is 6.07 Å². The number of benzene rings is 1. The van der Waals surface area contributed by atoms with Gasteiger partial charge in [-0.3, -0.25) is 4.79 Å². The number of carbonyl (C=O) groups is 3. The minimum atomic E-state index is -1.54. The van der Waals surface area contributed by atoms with Crippen LogP contribution in [-0.2, 0) is 14.3 Å². The van der Waals surface area contributed by atoms with Crippen molar-refractivity contribution >= 4 is 23.5 Å². The zero-order valence-electron chi connectivity index (χ0n) is 11.6. The van der Waals surface area contributed by atoms with Crippen LogP contribution in [0.3, 0.4) is 0 Å². The minimum absolute atomic E-state index is 0.0217. The molecule has 1 atom stereocenters. The number of nitrogens with two attached hydrogens (primary N) is 1. The number of carboxylic acids is 1. The first-order chi connectivity index (χ1) is 9.90. The SMILES string of the molecule is CCOC(=O)C(N)C(=O)Nc1cc(OC)ccc1C(=O)O. The molecule has 0 fully saturated rings. The van der Waals surface area contributed by atoms with Gasteiger partial charge in [0.2, 0.25) is 0 Å². The molecule has 114 valence electrons. The highest BCUT2D eigenvalue weighted by Gasteiger charge is 2.25. The van der Waals surface area contributed by atoms with Crippen LogP contribution in [0, 0.1) is 0 Å². The smallest absolute Gasteiger partial charge is 0.337 e. The Labute approximate surface area is 120 Å². The van der Waals surface area contributed by atoms with Gasteiger partial charge in [0.1, 0.15) is 5.75 Å². The molecule has 4 N–H and O–H groups in total. The third-order valence-corrected chi connectivity index (χ3v) is 2.54. The molecule has 0 saturated heterocycles. The molecule has 0 aromatic heterocycles. The summed E-state index contributed by atoms with van der Waals surface area (Å²) in [5.74, 6) is -2.66. The fourth-order valence-electron chi connectivity index (χ4n) is 1.49. The molecule has 1 aromatic carbocycles. The summed E-state index contributed by atoms with van der Waals surface area (Å²) < 4.78 is 9.57. The first kappa shape index (κ1) is 16.4. The Morgan fingerprint density at radius 3 is 2.57 bits per heavy atom. The second-order valence-electron chi connectivity index (χ2n) is 3.94. The average molecular weight is 296 g/mol. The van der Waals surface area contributed by atoms with Gasteiger partial charge in [-0.25, -0.2) is 9.59 Å². The second-order valence-corrected chi connectivity index (χ2v) is 3.94. The van der Waals surface area contributed by atoms with Crippen molar-refractivity contribution in [3.8, 4) is 5.75 Å². The Hall–Kier alpha value is -2.61. The van der Waals surface area contributed by atoms with E-state index in [9.17, 15) is 14.4 Å². The number of aromatic carboxylic acids is 1. The monoisotopic (exact) mass is 296 g/mol. The fraction of sp³-hybridized carbons (Fsp3) is 0.308. The van der Waals surface area contributed by atoms with E-state index in [1.807, 2.05) is 0 Å². The highest BCUT2D eigenvalue weighted by molar-refractivity contribution is 6.10. The van der Waals surface area contributed by atoms with Gasteiger partial charge in [-0.1, -0.05) is 0 Å². The maximum absolute atomic E-state index is 11.8. The molecule has 0 aliphatic rings. The number of hydrogen-bond acceptors (Lipinski definition) is 6. The lowest BCUT2D eigenvalue weighted by molar-refractivity contribution is -0.146. The number of methoxy groups -OCH3 is 1. The zero-order valence-corrected chi connectivity index (χ0v) is 11.6. The van der Waals surface area contributed by atoms with Gasteiger partial charge in [0.15, 0.2) is 6.04 Å². The van der Waals surface area contributed by atoms with Gasteiger partial charge in [-0.05, 0) is 19.1 Å². The second kappa shape index (κ2) is 7.25. The van der Waals surface area contributed by atoms with Crippen molar-refractivity contribution in [3.63, 3.8) is 0 Å². The van der Waals surface area contributed by atoms with Crippen LogP contribution in [0.1, 0.15) is 17.3 Å². The van der Waals surface area contributed by atoms with Crippen molar-refractivity contribution in [1.29, 1.82) is 0 Å². The quantitative estimate of drug-likeness (QED) is 0.506. The predicted octanol–water partition coefficient (Wildman–Crippen LogP) is 0.222. The molecule has 0 saturated carbocycles. The van der Waals surface area contributed by atoms with Crippen molar-refractivity contribution in [1.82, 2.24) is 0 Å². The number of hydrogen-bond donors (Lipinski definition) is 3. The Bertz CT molecular complexity index is 558. The number of anilines is 1. The molecule has 0 heterocycles. The van der Waals surface area contributed by atoms with Crippen molar-refractivity contribution in [2.24, 2.45) is 5.73 Å². The van der Waals surface area contributed by atoms with E-state index in [0.29, 0.717) is 5.75 Å². The number of carboxylic acid groups (broad SMARTS) is 1. The number of rotatable bonds is 6. The summed E-state index contributed by atoms with van der Waals surface area (Å²) >= 11 is 0. The lowest BCUT2D eigenvalue weighted by atomic mass is 10.1. The summed E-state index contributed by atoms with van der Waals surface area (Å²) in [5, 5.41) is 11.3. The molecular formula is C13H16N2O6. The Balaban J connectivity index is 2.97. The lowest BCUT2D eigenvalue weighted by Gasteiger charge is -2.13. The lowest BCUT2D eigenvalue weighted by Crippen LogP contribution is -2.43. The van der Waals surface area contributed by atoms with Crippen LogP contribution >= 0.6 is 0 Å². The van der Waals surface area contributed by atoms with Gasteiger partial charge in [-0.15, -0.1) is 0 Å². The van der Waals surface area contributed by atoms with Crippen LogP contribution < -0.4 is 15.8 Å². The number of esters is 1. The van der Waals surface area contributed by atoms with E-state index in [1.54, 1.807) is 6.92 Å². The van der Waals surface area contributed by atoms with E-state index in [2.05, 4.69) is 10.1 Å². The number of carbonyl (C=O) groups excluding carboxylic acids is 2. The molecule has 21 heavy (non-hydrogen) atoms. The molecule has 8 nitrogen and oxygen atoms in total. The Morgan fingerprint density at radius 2 is 2.05 bits per heavy atom. The molecule has 1 rings (SSSR count). The Morgan fingerprint density at radius 1 is 1.38 bits per heavy atom. The van der Waals surface area contributed by atoms with E-state index in [4.69, 9.17) is 15.6 Å². The molecule has 1 amide bonds. The molecule has 1 aromatic rings. The maximum atomic E-state index is 11.8. The molecule has 0 aliphatic carbocycles. The maximum Gasteiger partial charge on any atom is 0.337 e. The first-order valence-electron chi connectivity index (χ1n) is 6.05. The summed E-state index contributed by atoms with van der Waals surface area (Å²) in [6.07, 6.45) is 0. The van der Waals surface area contributed by atoms with Crippen molar-refractivity contribution in [2.75, 3.05) is 19.0 Å². The third kappa shape index (κ3) is 4.18. The van der Waals surface area contributed by atoms with Gasteiger partial charge in [0.25, 0.3) is 5.91 Å². The van der Waals surface area contributed by atoms with E-state index < -0.39 is 23.9 Å². The Kier molecular flexibility index (Phi) is 5.67. The van der Waals surface area contributed by atoms with Crippen molar-refractivity contribution in [3.05, 3.63) is 23.8 Å². The summed E-state index contributed by atoms with van der Waals surface area (Å²) in [4.78, 5) is 34.3. The van der Waals surface area contributed by atoms with E-state index >= 15 is 0 Å². The van der Waals surface area contributed by atoms with Gasteiger partial charge < -0.3 is 25.6 Å². The topological polar surface area (TPSA) is 128 Å². The number of ether oxygens (including phenoxy) is 2. The molecule has 0 spiro atoms. The van der Waals surface area contributed by atoms with Crippen LogP contribution in [0.2, 0.25) is 0 Å². The molecule has 0 radical (unpaired) electrons. The molecule has 0 bridgehead atoms. The fourth-order valence-corrected chi connectivity index (χ4v) is 1.49. The average Bonchev–Trinajstić information content (AvgIpc) is 2.46. The van der Waals surface area contributed by atoms with E-state index in [0.717, 1.165) is 0 Å². The van der Waals surface area contributed by atoms with Gasteiger partial charge in [-0.2, -0.15) is 0 Å². The van der Waals surface area contributed by atoms with Gasteiger partial charge in [0.05, 0.1) is 25.0 Å². The van der Waals surface area contributed by atoms with Crippen LogP contribution in [0.5, 0.6) is 5.75 Å². The standard InChI is InChI=1S/C13H16N2O6/c1-3-21-13(19)10(14)11(16)15-9-6-7(20-2)4-5-8(9)12(17)18/h4-6,10H,3,14H2,1-2H3,(H,15,16)(H,17,18). The van der Waals surface area contributed by atoms with E-state index in [1.165, 1.54) is 25.3 Å². The third-order valence-electron chi connectivity index (χ3n) is 2.54. The first-order valence-corrected chi connectivity index (χ1v) is 6.05. The zero-order chi connectivity index (χ0) is 16.0.